The maximum absolute atomic E-state index is 12.5. The number of carbonyl (C=O) groups excluding carboxylic acids is 2. The van der Waals surface area contributed by atoms with Crippen LogP contribution in [0, 0.1) is 0 Å². The fraction of sp³-hybridized carbons (Fsp3) is 0.125. The Labute approximate surface area is 195 Å². The van der Waals surface area contributed by atoms with Gasteiger partial charge in [-0.2, -0.15) is 0 Å². The van der Waals surface area contributed by atoms with Gasteiger partial charge in [-0.1, -0.05) is 0 Å². The maximum Gasteiger partial charge on any atom is 0.255 e. The number of aromatic nitrogens is 4. The van der Waals surface area contributed by atoms with Gasteiger partial charge in [-0.15, -0.1) is 5.10 Å². The summed E-state index contributed by atoms with van der Waals surface area (Å²) < 4.78 is 6.94. The molecule has 2 amide bonds. The van der Waals surface area contributed by atoms with Crippen LogP contribution < -0.4 is 20.7 Å². The van der Waals surface area contributed by atoms with E-state index in [0.29, 0.717) is 23.5 Å². The van der Waals surface area contributed by atoms with Crippen LogP contribution in [0.5, 0.6) is 5.75 Å². The van der Waals surface area contributed by atoms with E-state index >= 15 is 0 Å². The summed E-state index contributed by atoms with van der Waals surface area (Å²) in [5.41, 5.74) is 3.34. The molecule has 0 radical (unpaired) electrons. The minimum atomic E-state index is -0.242. The van der Waals surface area contributed by atoms with Crippen molar-refractivity contribution in [2.75, 3.05) is 29.1 Å². The topological polar surface area (TPSA) is 123 Å². The number of anilines is 3. The number of carbonyl (C=O) groups is 2. The molecule has 172 valence electrons. The van der Waals surface area contributed by atoms with Crippen LogP contribution in [0.15, 0.2) is 79.1 Å². The third-order valence-corrected chi connectivity index (χ3v) is 4.79. The lowest BCUT2D eigenvalue weighted by atomic mass is 10.2. The van der Waals surface area contributed by atoms with Crippen LogP contribution in [0.1, 0.15) is 17.3 Å². The van der Waals surface area contributed by atoms with Gasteiger partial charge in [0, 0.05) is 22.6 Å². The van der Waals surface area contributed by atoms with Gasteiger partial charge in [0.2, 0.25) is 5.91 Å². The van der Waals surface area contributed by atoms with E-state index in [2.05, 4.69) is 31.5 Å². The van der Waals surface area contributed by atoms with Gasteiger partial charge in [0.1, 0.15) is 12.1 Å². The summed E-state index contributed by atoms with van der Waals surface area (Å²) in [6, 6.07) is 21.2. The summed E-state index contributed by atoms with van der Waals surface area (Å²) in [6.07, 6.45) is 1.50. The van der Waals surface area contributed by atoms with Gasteiger partial charge in [0.15, 0.2) is 0 Å². The molecule has 0 fully saturated rings. The molecule has 0 spiro atoms. The molecule has 0 aliphatic heterocycles. The van der Waals surface area contributed by atoms with Gasteiger partial charge in [0.25, 0.3) is 5.91 Å². The van der Waals surface area contributed by atoms with Crippen LogP contribution in [0.25, 0.3) is 5.69 Å². The summed E-state index contributed by atoms with van der Waals surface area (Å²) in [4.78, 5) is 24.7. The molecule has 3 N–H and O–H groups in total. The highest BCUT2D eigenvalue weighted by atomic mass is 16.5. The molecule has 1 heterocycles. The van der Waals surface area contributed by atoms with E-state index in [4.69, 9.17) is 4.74 Å². The number of tetrazole rings is 1. The van der Waals surface area contributed by atoms with E-state index in [9.17, 15) is 9.59 Å². The lowest BCUT2D eigenvalue weighted by Crippen LogP contribution is -2.21. The van der Waals surface area contributed by atoms with Crippen LogP contribution >= 0.6 is 0 Å². The van der Waals surface area contributed by atoms with Crippen molar-refractivity contribution in [3.63, 3.8) is 0 Å². The molecule has 10 heteroatoms. The summed E-state index contributed by atoms with van der Waals surface area (Å²) >= 11 is 0. The first kappa shape index (κ1) is 22.5. The van der Waals surface area contributed by atoms with Gasteiger partial charge < -0.3 is 20.7 Å². The Hall–Kier alpha value is -4.73. The number of hydrogen-bond donors (Lipinski definition) is 3. The van der Waals surface area contributed by atoms with E-state index < -0.39 is 0 Å². The normalized spacial score (nSPS) is 10.4. The van der Waals surface area contributed by atoms with Crippen LogP contribution in [-0.2, 0) is 4.79 Å². The van der Waals surface area contributed by atoms with Crippen molar-refractivity contribution >= 4 is 28.9 Å². The van der Waals surface area contributed by atoms with Gasteiger partial charge in [-0.25, -0.2) is 4.68 Å². The van der Waals surface area contributed by atoms with E-state index in [1.165, 1.54) is 6.33 Å². The van der Waals surface area contributed by atoms with Crippen molar-refractivity contribution in [3.8, 4) is 11.4 Å². The lowest BCUT2D eigenvalue weighted by Gasteiger charge is -2.10. The van der Waals surface area contributed by atoms with Crippen molar-refractivity contribution in [1.29, 1.82) is 0 Å². The largest absolute Gasteiger partial charge is 0.494 e. The fourth-order valence-corrected chi connectivity index (χ4v) is 3.11. The number of amides is 2. The number of benzene rings is 3. The highest BCUT2D eigenvalue weighted by molar-refractivity contribution is 6.04. The third kappa shape index (κ3) is 5.94. The van der Waals surface area contributed by atoms with E-state index in [1.54, 1.807) is 53.2 Å². The summed E-state index contributed by atoms with van der Waals surface area (Å²) in [5, 5.41) is 19.7. The van der Waals surface area contributed by atoms with Crippen LogP contribution in [0.4, 0.5) is 17.1 Å². The zero-order valence-electron chi connectivity index (χ0n) is 18.4. The Balaban J connectivity index is 1.25. The molecule has 4 rings (SSSR count). The first-order chi connectivity index (χ1) is 16.6. The maximum atomic E-state index is 12.5. The minimum Gasteiger partial charge on any atom is -0.494 e. The quantitative estimate of drug-likeness (QED) is 0.352. The standard InChI is InChI=1S/C24H23N7O3/c1-2-34-22-13-9-20(10-14-22)28-24(33)17-3-5-19(6-4-17)27-23(32)15-25-18-7-11-21(12-8-18)31-16-26-29-30-31/h3-14,16,25H,2,15H2,1H3,(H,27,32)(H,28,33). The fourth-order valence-electron chi connectivity index (χ4n) is 3.11. The van der Waals surface area contributed by atoms with Crippen molar-refractivity contribution in [1.82, 2.24) is 20.2 Å². The molecule has 4 aromatic rings. The second-order valence-corrected chi connectivity index (χ2v) is 7.19. The molecule has 1 aromatic heterocycles. The second kappa shape index (κ2) is 10.7. The number of nitrogens with zero attached hydrogens (tertiary/aromatic N) is 4. The van der Waals surface area contributed by atoms with E-state index in [0.717, 1.165) is 17.1 Å². The van der Waals surface area contributed by atoms with Crippen molar-refractivity contribution in [3.05, 3.63) is 84.7 Å². The highest BCUT2D eigenvalue weighted by Crippen LogP contribution is 2.17. The molecule has 0 aliphatic rings. The smallest absolute Gasteiger partial charge is 0.255 e. The Morgan fingerprint density at radius 2 is 1.50 bits per heavy atom. The summed E-state index contributed by atoms with van der Waals surface area (Å²) in [7, 11) is 0. The molecule has 0 saturated carbocycles. The van der Waals surface area contributed by atoms with Crippen LogP contribution in [0.3, 0.4) is 0 Å². The van der Waals surface area contributed by atoms with E-state index in [-0.39, 0.29) is 18.4 Å². The van der Waals surface area contributed by atoms with Gasteiger partial charge in [-0.3, -0.25) is 9.59 Å². The minimum absolute atomic E-state index is 0.0875. The molecule has 0 atom stereocenters. The average molecular weight is 457 g/mol. The number of hydrogen-bond acceptors (Lipinski definition) is 7. The van der Waals surface area contributed by atoms with Gasteiger partial charge in [-0.05, 0) is 90.1 Å². The number of rotatable bonds is 9. The highest BCUT2D eigenvalue weighted by Gasteiger charge is 2.08. The Kier molecular flexibility index (Phi) is 7.09. The SMILES string of the molecule is CCOc1ccc(NC(=O)c2ccc(NC(=O)CNc3ccc(-n4cnnn4)cc3)cc2)cc1. The predicted molar refractivity (Wildman–Crippen MR) is 128 cm³/mol. The average Bonchev–Trinajstić information content (AvgIpc) is 3.40. The lowest BCUT2D eigenvalue weighted by molar-refractivity contribution is -0.114. The van der Waals surface area contributed by atoms with Crippen LogP contribution in [0.2, 0.25) is 0 Å². The predicted octanol–water partition coefficient (Wildman–Crippen LogP) is 3.36. The number of nitrogens with one attached hydrogen (secondary N) is 3. The molecule has 10 nitrogen and oxygen atoms in total. The molecular formula is C24H23N7O3. The second-order valence-electron chi connectivity index (χ2n) is 7.19. The molecule has 34 heavy (non-hydrogen) atoms. The van der Waals surface area contributed by atoms with Gasteiger partial charge >= 0.3 is 0 Å². The Morgan fingerprint density at radius 3 is 2.15 bits per heavy atom. The third-order valence-electron chi connectivity index (χ3n) is 4.79. The Morgan fingerprint density at radius 1 is 0.853 bits per heavy atom. The molecule has 0 unspecified atom stereocenters. The van der Waals surface area contributed by atoms with Crippen LogP contribution in [-0.4, -0.2) is 45.2 Å². The number of ether oxygens (including phenoxy) is 1. The Bertz CT molecular complexity index is 1220. The molecule has 0 bridgehead atoms. The van der Waals surface area contributed by atoms with Crippen molar-refractivity contribution in [2.45, 2.75) is 6.92 Å². The summed E-state index contributed by atoms with van der Waals surface area (Å²) in [6.45, 7) is 2.59. The molecular weight excluding hydrogens is 434 g/mol. The summed E-state index contributed by atoms with van der Waals surface area (Å²) in [5.74, 6) is 0.293. The molecule has 0 saturated heterocycles. The molecule has 3 aromatic carbocycles. The molecule has 0 aliphatic carbocycles. The first-order valence-corrected chi connectivity index (χ1v) is 10.6. The zero-order valence-corrected chi connectivity index (χ0v) is 18.4. The van der Waals surface area contributed by atoms with Gasteiger partial charge in [0.05, 0.1) is 18.8 Å². The van der Waals surface area contributed by atoms with E-state index in [1.807, 2.05) is 31.2 Å². The zero-order chi connectivity index (χ0) is 23.8. The first-order valence-electron chi connectivity index (χ1n) is 10.6. The van der Waals surface area contributed by atoms with Crippen molar-refractivity contribution in [2.24, 2.45) is 0 Å². The van der Waals surface area contributed by atoms with Crippen molar-refractivity contribution < 1.29 is 14.3 Å². The monoisotopic (exact) mass is 457 g/mol.